The van der Waals surface area contributed by atoms with Gasteiger partial charge >= 0.3 is 0 Å². The summed E-state index contributed by atoms with van der Waals surface area (Å²) in [5, 5.41) is 2.81. The number of rotatable bonds is 16. The lowest BCUT2D eigenvalue weighted by molar-refractivity contribution is 0.000164. The molecule has 3 rings (SSSR count). The van der Waals surface area contributed by atoms with E-state index in [-0.39, 0.29) is 17.5 Å². The first-order valence-electron chi connectivity index (χ1n) is 12.6. The van der Waals surface area contributed by atoms with Crippen molar-refractivity contribution in [2.75, 3.05) is 65.3 Å². The van der Waals surface area contributed by atoms with E-state index in [1.165, 1.54) is 0 Å². The Labute approximate surface area is 223 Å². The maximum absolute atomic E-state index is 12.7. The van der Waals surface area contributed by atoms with Crippen LogP contribution in [-0.2, 0) is 18.9 Å². The number of hydrogen-bond donors (Lipinski definition) is 2. The first-order valence-corrected chi connectivity index (χ1v) is 12.6. The molecule has 10 heteroatoms. The molecule has 2 N–H and O–H groups in total. The van der Waals surface area contributed by atoms with Crippen LogP contribution in [0.15, 0.2) is 42.5 Å². The van der Waals surface area contributed by atoms with Crippen LogP contribution < -0.4 is 10.1 Å². The number of nitrogens with one attached hydrogen (secondary N) is 2. The standard InChI is InChI=1S/C28H37N3O7/c1-28(2,3)25(32)20-5-10-23-24(19-20)31-26(30-23)27(33)29-21-6-8-22(9-7-21)38-18-17-37-16-15-36-14-13-35-12-11-34-4/h5-10,19H,11-18H2,1-4H3,(H,29,33)(H,30,31). The SMILES string of the molecule is COCCOCCOCCOCCOc1ccc(NC(=O)c2nc3cc(C(=O)C(C)(C)C)ccc3[nH]2)cc1. The van der Waals surface area contributed by atoms with E-state index in [1.54, 1.807) is 49.6 Å². The van der Waals surface area contributed by atoms with Crippen molar-refractivity contribution in [1.82, 2.24) is 9.97 Å². The summed E-state index contributed by atoms with van der Waals surface area (Å²) >= 11 is 0. The lowest BCUT2D eigenvalue weighted by Gasteiger charge is -2.16. The summed E-state index contributed by atoms with van der Waals surface area (Å²) in [7, 11) is 1.63. The number of ether oxygens (including phenoxy) is 5. The third-order valence-electron chi connectivity index (χ3n) is 5.43. The van der Waals surface area contributed by atoms with Gasteiger partial charge in [0.2, 0.25) is 0 Å². The Hall–Kier alpha value is -3.31. The maximum Gasteiger partial charge on any atom is 0.291 e. The molecular formula is C28H37N3O7. The lowest BCUT2D eigenvalue weighted by Crippen LogP contribution is -2.19. The molecule has 3 aromatic rings. The summed E-state index contributed by atoms with van der Waals surface area (Å²) < 4.78 is 26.8. The molecule has 0 atom stereocenters. The second kappa shape index (κ2) is 14.6. The molecule has 0 fully saturated rings. The van der Waals surface area contributed by atoms with Gasteiger partial charge in [-0.05, 0) is 42.5 Å². The van der Waals surface area contributed by atoms with Gasteiger partial charge in [0.1, 0.15) is 12.4 Å². The van der Waals surface area contributed by atoms with Crippen LogP contribution in [0.25, 0.3) is 11.0 Å². The van der Waals surface area contributed by atoms with Crippen LogP contribution >= 0.6 is 0 Å². The number of methoxy groups -OCH3 is 1. The number of benzene rings is 2. The van der Waals surface area contributed by atoms with Crippen molar-refractivity contribution in [1.29, 1.82) is 0 Å². The minimum Gasteiger partial charge on any atom is -0.491 e. The fourth-order valence-electron chi connectivity index (χ4n) is 3.41. The third-order valence-corrected chi connectivity index (χ3v) is 5.43. The molecule has 0 aliphatic carbocycles. The summed E-state index contributed by atoms with van der Waals surface area (Å²) in [6.45, 7) is 9.58. The molecule has 206 valence electrons. The largest absolute Gasteiger partial charge is 0.491 e. The van der Waals surface area contributed by atoms with E-state index in [9.17, 15) is 9.59 Å². The van der Waals surface area contributed by atoms with Crippen molar-refractivity contribution >= 4 is 28.4 Å². The molecule has 2 aromatic carbocycles. The first kappa shape index (κ1) is 29.2. The second-order valence-corrected chi connectivity index (χ2v) is 9.55. The molecule has 0 aliphatic heterocycles. The lowest BCUT2D eigenvalue weighted by atomic mass is 9.86. The Bertz CT molecular complexity index is 1170. The highest BCUT2D eigenvalue weighted by Gasteiger charge is 2.23. The maximum atomic E-state index is 12.7. The molecule has 1 aromatic heterocycles. The normalized spacial score (nSPS) is 11.6. The summed E-state index contributed by atoms with van der Waals surface area (Å²) in [6, 6.07) is 12.3. The second-order valence-electron chi connectivity index (χ2n) is 9.55. The van der Waals surface area contributed by atoms with Gasteiger partial charge in [-0.1, -0.05) is 20.8 Å². The minimum absolute atomic E-state index is 0.0202. The van der Waals surface area contributed by atoms with Crippen LogP contribution in [0.5, 0.6) is 5.75 Å². The zero-order valence-electron chi connectivity index (χ0n) is 22.5. The summed E-state index contributed by atoms with van der Waals surface area (Å²) in [6.07, 6.45) is 0. The van der Waals surface area contributed by atoms with E-state index in [4.69, 9.17) is 23.7 Å². The van der Waals surface area contributed by atoms with E-state index >= 15 is 0 Å². The van der Waals surface area contributed by atoms with Gasteiger partial charge in [-0.15, -0.1) is 0 Å². The van der Waals surface area contributed by atoms with Gasteiger partial charge in [-0.3, -0.25) is 9.59 Å². The van der Waals surface area contributed by atoms with Crippen LogP contribution in [0.4, 0.5) is 5.69 Å². The number of nitrogens with zero attached hydrogens (tertiary/aromatic N) is 1. The molecule has 0 radical (unpaired) electrons. The van der Waals surface area contributed by atoms with Crippen LogP contribution in [0.2, 0.25) is 0 Å². The monoisotopic (exact) mass is 527 g/mol. The predicted molar refractivity (Wildman–Crippen MR) is 144 cm³/mol. The van der Waals surface area contributed by atoms with Gasteiger partial charge < -0.3 is 34.0 Å². The summed E-state index contributed by atoms with van der Waals surface area (Å²) in [5.41, 5.74) is 1.92. The number of H-pyrrole nitrogens is 1. The fourth-order valence-corrected chi connectivity index (χ4v) is 3.41. The highest BCUT2D eigenvalue weighted by Crippen LogP contribution is 2.23. The molecule has 1 amide bonds. The topological polar surface area (TPSA) is 121 Å². The first-order chi connectivity index (χ1) is 18.3. The van der Waals surface area contributed by atoms with Gasteiger partial charge in [-0.2, -0.15) is 0 Å². The van der Waals surface area contributed by atoms with Crippen molar-refractivity contribution < 1.29 is 33.3 Å². The van der Waals surface area contributed by atoms with Gasteiger partial charge in [0.05, 0.1) is 57.3 Å². The number of hydrogen-bond acceptors (Lipinski definition) is 8. The molecule has 0 saturated heterocycles. The fraction of sp³-hybridized carbons (Fsp3) is 0.464. The van der Waals surface area contributed by atoms with Crippen molar-refractivity contribution in [3.8, 4) is 5.75 Å². The summed E-state index contributed by atoms with van der Waals surface area (Å²) in [4.78, 5) is 32.6. The molecule has 0 unspecified atom stereocenters. The van der Waals surface area contributed by atoms with Crippen molar-refractivity contribution in [3.63, 3.8) is 0 Å². The van der Waals surface area contributed by atoms with Crippen molar-refractivity contribution in [3.05, 3.63) is 53.9 Å². The third kappa shape index (κ3) is 9.21. The van der Waals surface area contributed by atoms with Gasteiger partial charge in [-0.25, -0.2) is 4.98 Å². The number of Topliss-reactive ketones (excluding diaryl/α,β-unsaturated/α-hetero) is 1. The highest BCUT2D eigenvalue weighted by atomic mass is 16.6. The molecular weight excluding hydrogens is 490 g/mol. The Morgan fingerprint density at radius 2 is 1.45 bits per heavy atom. The number of fused-ring (bicyclic) bond motifs is 1. The zero-order chi connectivity index (χ0) is 27.4. The molecule has 0 spiro atoms. The Morgan fingerprint density at radius 3 is 2.05 bits per heavy atom. The number of carbonyl (C=O) groups is 2. The van der Waals surface area contributed by atoms with E-state index in [0.29, 0.717) is 80.9 Å². The van der Waals surface area contributed by atoms with E-state index < -0.39 is 5.41 Å². The van der Waals surface area contributed by atoms with Gasteiger partial charge in [0, 0.05) is 23.8 Å². The molecule has 1 heterocycles. The molecule has 10 nitrogen and oxygen atoms in total. The number of ketones is 1. The number of imidazole rings is 1. The van der Waals surface area contributed by atoms with Crippen molar-refractivity contribution in [2.45, 2.75) is 20.8 Å². The Kier molecular flexibility index (Phi) is 11.2. The van der Waals surface area contributed by atoms with Crippen LogP contribution in [0, 0.1) is 5.41 Å². The molecule has 0 bridgehead atoms. The minimum atomic E-state index is -0.498. The molecule has 38 heavy (non-hydrogen) atoms. The van der Waals surface area contributed by atoms with E-state index in [2.05, 4.69) is 15.3 Å². The number of aromatic nitrogens is 2. The smallest absolute Gasteiger partial charge is 0.291 e. The Balaban J connectivity index is 1.37. The average molecular weight is 528 g/mol. The number of carbonyl (C=O) groups excluding carboxylic acids is 2. The Morgan fingerprint density at radius 1 is 0.842 bits per heavy atom. The van der Waals surface area contributed by atoms with E-state index in [0.717, 1.165) is 0 Å². The van der Waals surface area contributed by atoms with Gasteiger partial charge in [0.25, 0.3) is 5.91 Å². The van der Waals surface area contributed by atoms with Crippen LogP contribution in [0.1, 0.15) is 41.7 Å². The van der Waals surface area contributed by atoms with E-state index in [1.807, 2.05) is 20.8 Å². The number of aromatic amines is 1. The molecule has 0 saturated carbocycles. The van der Waals surface area contributed by atoms with Gasteiger partial charge in [0.15, 0.2) is 11.6 Å². The van der Waals surface area contributed by atoms with Crippen LogP contribution in [0.3, 0.4) is 0 Å². The molecule has 0 aliphatic rings. The number of amides is 1. The number of anilines is 1. The average Bonchev–Trinajstić information content (AvgIpc) is 3.33. The van der Waals surface area contributed by atoms with Crippen LogP contribution in [-0.4, -0.2) is 81.6 Å². The summed E-state index contributed by atoms with van der Waals surface area (Å²) in [5.74, 6) is 0.471. The predicted octanol–water partition coefficient (Wildman–Crippen LogP) is 4.12. The quantitative estimate of drug-likeness (QED) is 0.211. The zero-order valence-corrected chi connectivity index (χ0v) is 22.5. The highest BCUT2D eigenvalue weighted by molar-refractivity contribution is 6.05. The van der Waals surface area contributed by atoms with Crippen molar-refractivity contribution in [2.24, 2.45) is 5.41 Å².